The highest BCUT2D eigenvalue weighted by molar-refractivity contribution is 5.74. The molecule has 0 aliphatic carbocycles. The summed E-state index contributed by atoms with van der Waals surface area (Å²) in [5.74, 6) is -0.329. The standard InChI is InChI=1S/C20H29NO3/c1-4-12-18(6-3)19(13-5-2)14-11-17-24-16-10-8-7-9-15-20(22)21-23/h4-6,11-14,23H,1-3,7-10,15-17H2,(H,21,22)/b14-11-,18-12+,19-13+. The maximum atomic E-state index is 10.8. The summed E-state index contributed by atoms with van der Waals surface area (Å²) in [4.78, 5) is 10.8. The number of amides is 1. The van der Waals surface area contributed by atoms with Gasteiger partial charge in [0.15, 0.2) is 0 Å². The van der Waals surface area contributed by atoms with Crippen LogP contribution in [0.25, 0.3) is 0 Å². The molecule has 132 valence electrons. The van der Waals surface area contributed by atoms with Gasteiger partial charge in [-0.15, -0.1) is 0 Å². The third-order valence-corrected chi connectivity index (χ3v) is 3.23. The molecule has 0 unspecified atom stereocenters. The van der Waals surface area contributed by atoms with Crippen LogP contribution >= 0.6 is 0 Å². The number of carbonyl (C=O) groups excluding carboxylic acids is 1. The fourth-order valence-corrected chi connectivity index (χ4v) is 2.01. The summed E-state index contributed by atoms with van der Waals surface area (Å²) >= 11 is 0. The fraction of sp³-hybridized carbons (Fsp3) is 0.350. The van der Waals surface area contributed by atoms with E-state index in [9.17, 15) is 4.79 Å². The number of nitrogens with one attached hydrogen (secondary N) is 1. The maximum Gasteiger partial charge on any atom is 0.243 e. The molecule has 0 radical (unpaired) electrons. The lowest BCUT2D eigenvalue weighted by Crippen LogP contribution is -2.17. The molecular weight excluding hydrogens is 302 g/mol. The number of unbranched alkanes of at least 4 members (excludes halogenated alkanes) is 3. The van der Waals surface area contributed by atoms with Crippen molar-refractivity contribution in [3.05, 3.63) is 73.4 Å². The molecule has 4 heteroatoms. The van der Waals surface area contributed by atoms with Crippen LogP contribution < -0.4 is 5.48 Å². The molecule has 1 amide bonds. The summed E-state index contributed by atoms with van der Waals surface area (Å²) in [6.45, 7) is 12.4. The first-order valence-electron chi connectivity index (χ1n) is 8.15. The topological polar surface area (TPSA) is 58.6 Å². The van der Waals surface area contributed by atoms with Crippen LogP contribution in [0.2, 0.25) is 0 Å². The second kappa shape index (κ2) is 15.7. The van der Waals surface area contributed by atoms with Gasteiger partial charge in [-0.3, -0.25) is 10.0 Å². The molecule has 0 fully saturated rings. The van der Waals surface area contributed by atoms with E-state index < -0.39 is 0 Å². The van der Waals surface area contributed by atoms with Crippen molar-refractivity contribution >= 4 is 5.91 Å². The molecule has 0 atom stereocenters. The third kappa shape index (κ3) is 11.4. The van der Waals surface area contributed by atoms with Gasteiger partial charge in [-0.05, 0) is 24.0 Å². The predicted octanol–water partition coefficient (Wildman–Crippen LogP) is 4.43. The van der Waals surface area contributed by atoms with E-state index in [0.29, 0.717) is 19.6 Å². The van der Waals surface area contributed by atoms with Crippen LogP contribution in [-0.2, 0) is 9.53 Å². The van der Waals surface area contributed by atoms with Gasteiger partial charge in [0.05, 0.1) is 6.61 Å². The summed E-state index contributed by atoms with van der Waals surface area (Å²) < 4.78 is 5.56. The van der Waals surface area contributed by atoms with Crippen LogP contribution in [-0.4, -0.2) is 24.3 Å². The largest absolute Gasteiger partial charge is 0.377 e. The van der Waals surface area contributed by atoms with Gasteiger partial charge >= 0.3 is 0 Å². The van der Waals surface area contributed by atoms with Crippen molar-refractivity contribution in [3.63, 3.8) is 0 Å². The smallest absolute Gasteiger partial charge is 0.243 e. The van der Waals surface area contributed by atoms with Gasteiger partial charge in [0.25, 0.3) is 0 Å². The van der Waals surface area contributed by atoms with Crippen LogP contribution in [0, 0.1) is 0 Å². The summed E-state index contributed by atoms with van der Waals surface area (Å²) in [5, 5.41) is 8.36. The number of allylic oxidation sites excluding steroid dienone is 8. The Morgan fingerprint density at radius 3 is 2.29 bits per heavy atom. The lowest BCUT2D eigenvalue weighted by atomic mass is 10.0. The molecule has 0 aromatic rings. The molecule has 0 aromatic heterocycles. The number of hydroxylamine groups is 1. The van der Waals surface area contributed by atoms with Gasteiger partial charge in [-0.1, -0.05) is 75.1 Å². The lowest BCUT2D eigenvalue weighted by Gasteiger charge is -2.04. The Balaban J connectivity index is 3.94. The minimum Gasteiger partial charge on any atom is -0.377 e. The third-order valence-electron chi connectivity index (χ3n) is 3.23. The second-order valence-electron chi connectivity index (χ2n) is 5.10. The van der Waals surface area contributed by atoms with E-state index in [1.807, 2.05) is 24.3 Å². The van der Waals surface area contributed by atoms with Gasteiger partial charge in [0.1, 0.15) is 0 Å². The number of ether oxygens (including phenoxy) is 1. The van der Waals surface area contributed by atoms with E-state index in [1.54, 1.807) is 23.7 Å². The first-order valence-corrected chi connectivity index (χ1v) is 8.15. The minimum atomic E-state index is -0.329. The Morgan fingerprint density at radius 2 is 1.67 bits per heavy atom. The Labute approximate surface area is 145 Å². The minimum absolute atomic E-state index is 0.329. The highest BCUT2D eigenvalue weighted by Gasteiger charge is 1.98. The molecule has 0 heterocycles. The second-order valence-corrected chi connectivity index (χ2v) is 5.10. The molecule has 4 nitrogen and oxygen atoms in total. The Hall–Kier alpha value is -2.17. The lowest BCUT2D eigenvalue weighted by molar-refractivity contribution is -0.129. The van der Waals surface area contributed by atoms with Gasteiger partial charge < -0.3 is 4.74 Å². The van der Waals surface area contributed by atoms with Crippen LogP contribution in [0.5, 0.6) is 0 Å². The van der Waals surface area contributed by atoms with Crippen LogP contribution in [0.15, 0.2) is 73.4 Å². The Bertz CT molecular complexity index is 487. The number of carbonyl (C=O) groups is 1. The monoisotopic (exact) mass is 331 g/mol. The maximum absolute atomic E-state index is 10.8. The fourth-order valence-electron chi connectivity index (χ4n) is 2.01. The van der Waals surface area contributed by atoms with E-state index in [2.05, 4.69) is 19.7 Å². The quantitative estimate of drug-likeness (QED) is 0.214. The number of hydrogen-bond donors (Lipinski definition) is 2. The van der Waals surface area contributed by atoms with Crippen molar-refractivity contribution in [2.45, 2.75) is 32.1 Å². The number of hydrogen-bond acceptors (Lipinski definition) is 3. The molecule has 0 saturated carbocycles. The van der Waals surface area contributed by atoms with Crippen LogP contribution in [0.3, 0.4) is 0 Å². The Morgan fingerprint density at radius 1 is 1.00 bits per heavy atom. The van der Waals surface area contributed by atoms with Crippen molar-refractivity contribution < 1.29 is 14.7 Å². The summed E-state index contributed by atoms with van der Waals surface area (Å²) in [6, 6.07) is 0. The first-order chi connectivity index (χ1) is 11.7. The average Bonchev–Trinajstić information content (AvgIpc) is 2.60. The zero-order chi connectivity index (χ0) is 18.0. The highest BCUT2D eigenvalue weighted by Crippen LogP contribution is 2.13. The van der Waals surface area contributed by atoms with Gasteiger partial charge in [-0.25, -0.2) is 5.48 Å². The summed E-state index contributed by atoms with van der Waals surface area (Å²) in [6.07, 6.45) is 17.0. The zero-order valence-electron chi connectivity index (χ0n) is 14.4. The molecule has 0 aliphatic heterocycles. The van der Waals surface area contributed by atoms with E-state index in [4.69, 9.17) is 9.94 Å². The van der Waals surface area contributed by atoms with Gasteiger partial charge in [-0.2, -0.15) is 0 Å². The molecule has 0 rings (SSSR count). The van der Waals surface area contributed by atoms with E-state index in [0.717, 1.165) is 36.8 Å². The first kappa shape index (κ1) is 21.8. The summed E-state index contributed by atoms with van der Waals surface area (Å²) in [5.41, 5.74) is 3.62. The normalized spacial score (nSPS) is 12.2. The Kier molecular flexibility index (Phi) is 14.3. The predicted molar refractivity (Wildman–Crippen MR) is 99.7 cm³/mol. The molecule has 0 aromatic carbocycles. The number of rotatable bonds is 14. The molecule has 0 spiro atoms. The van der Waals surface area contributed by atoms with Crippen LogP contribution in [0.1, 0.15) is 32.1 Å². The van der Waals surface area contributed by atoms with Crippen molar-refractivity contribution in [1.29, 1.82) is 0 Å². The molecule has 0 bridgehead atoms. The van der Waals surface area contributed by atoms with Crippen molar-refractivity contribution in [3.8, 4) is 0 Å². The molecular formula is C20H29NO3. The zero-order valence-corrected chi connectivity index (χ0v) is 14.4. The van der Waals surface area contributed by atoms with Crippen LogP contribution in [0.4, 0.5) is 0 Å². The average molecular weight is 331 g/mol. The SMILES string of the molecule is C=C/C=C(C=C)/C(/C=C\COCCCCCCC(=O)NO)=C/C=C. The van der Waals surface area contributed by atoms with Crippen molar-refractivity contribution in [1.82, 2.24) is 5.48 Å². The van der Waals surface area contributed by atoms with Gasteiger partial charge in [0, 0.05) is 13.0 Å². The van der Waals surface area contributed by atoms with E-state index in [1.165, 1.54) is 0 Å². The van der Waals surface area contributed by atoms with Gasteiger partial charge in [0.2, 0.25) is 5.91 Å². The molecule has 2 N–H and O–H groups in total. The van der Waals surface area contributed by atoms with Crippen molar-refractivity contribution in [2.75, 3.05) is 13.2 Å². The molecule has 0 aliphatic rings. The molecule has 0 saturated heterocycles. The van der Waals surface area contributed by atoms with E-state index in [-0.39, 0.29) is 5.91 Å². The molecule has 24 heavy (non-hydrogen) atoms. The highest BCUT2D eigenvalue weighted by atomic mass is 16.5. The summed E-state index contributed by atoms with van der Waals surface area (Å²) in [7, 11) is 0. The van der Waals surface area contributed by atoms with Crippen molar-refractivity contribution in [2.24, 2.45) is 0 Å². The van der Waals surface area contributed by atoms with E-state index >= 15 is 0 Å².